The summed E-state index contributed by atoms with van der Waals surface area (Å²) in [4.78, 5) is 11.9. The van der Waals surface area contributed by atoms with Gasteiger partial charge in [-0.2, -0.15) is 0 Å². The molecule has 1 amide bonds. The van der Waals surface area contributed by atoms with E-state index in [9.17, 15) is 4.79 Å². The zero-order valence-electron chi connectivity index (χ0n) is 5.70. The van der Waals surface area contributed by atoms with E-state index in [4.69, 9.17) is 0 Å². The van der Waals surface area contributed by atoms with Gasteiger partial charge in [-0.3, -0.25) is 8.72 Å². The molecule has 1 atom stereocenters. The van der Waals surface area contributed by atoms with Crippen molar-refractivity contribution in [2.45, 2.75) is 5.50 Å². The molecule has 6 heteroatoms. The number of amides is 1. The number of halogens is 2. The van der Waals surface area contributed by atoms with E-state index in [-0.39, 0.29) is 5.50 Å². The molecule has 1 heterocycles. The molecule has 0 radical (unpaired) electrons. The zero-order chi connectivity index (χ0) is 8.43. The second-order valence-electron chi connectivity index (χ2n) is 1.99. The van der Waals surface area contributed by atoms with E-state index in [1.54, 1.807) is 27.6 Å². The lowest BCUT2D eigenvalue weighted by Gasteiger charge is -2.25. The van der Waals surface area contributed by atoms with E-state index < -0.39 is 0 Å². The highest BCUT2D eigenvalue weighted by Crippen LogP contribution is 2.37. The smallest absolute Gasteiger partial charge is 0.211 e. The van der Waals surface area contributed by atoms with Crippen molar-refractivity contribution in [3.63, 3.8) is 0 Å². The van der Waals surface area contributed by atoms with Crippen LogP contribution in [0.15, 0.2) is 10.0 Å². The standard InChI is InChI=1S/C5H6Br2N2OS/c1-8(3-10)5-9(7)4(6)2-11-5/h2-3,5H,1H3. The summed E-state index contributed by atoms with van der Waals surface area (Å²) in [5.41, 5.74) is 0.0156. The molecule has 0 saturated heterocycles. The van der Waals surface area contributed by atoms with Crippen molar-refractivity contribution >= 4 is 50.2 Å². The van der Waals surface area contributed by atoms with Gasteiger partial charge in [0.2, 0.25) is 6.41 Å². The SMILES string of the molecule is CN(C=O)C1SC=C(Br)N1Br. The molecule has 0 aromatic rings. The van der Waals surface area contributed by atoms with Gasteiger partial charge in [-0.15, -0.1) is 0 Å². The van der Waals surface area contributed by atoms with E-state index in [2.05, 4.69) is 32.1 Å². The van der Waals surface area contributed by atoms with Crippen molar-refractivity contribution in [2.75, 3.05) is 7.05 Å². The Hall–Kier alpha value is 0.320. The van der Waals surface area contributed by atoms with Crippen LogP contribution in [0.25, 0.3) is 0 Å². The van der Waals surface area contributed by atoms with Crippen LogP contribution in [0.3, 0.4) is 0 Å². The Morgan fingerprint density at radius 3 is 2.91 bits per heavy atom. The number of carbonyl (C=O) groups is 1. The van der Waals surface area contributed by atoms with Gasteiger partial charge in [-0.25, -0.2) is 0 Å². The van der Waals surface area contributed by atoms with Crippen LogP contribution in [-0.4, -0.2) is 27.8 Å². The van der Waals surface area contributed by atoms with Gasteiger partial charge in [0.1, 0.15) is 0 Å². The third-order valence-electron chi connectivity index (χ3n) is 1.20. The maximum Gasteiger partial charge on any atom is 0.211 e. The zero-order valence-corrected chi connectivity index (χ0v) is 9.69. The lowest BCUT2D eigenvalue weighted by Crippen LogP contribution is -2.34. The first kappa shape index (κ1) is 9.41. The summed E-state index contributed by atoms with van der Waals surface area (Å²) in [7, 11) is 1.73. The quantitative estimate of drug-likeness (QED) is 0.442. The molecule has 1 unspecified atom stereocenters. The first-order chi connectivity index (χ1) is 5.16. The Labute approximate surface area is 86.3 Å². The summed E-state index contributed by atoms with van der Waals surface area (Å²) in [5, 5.41) is 1.93. The molecule has 0 saturated carbocycles. The van der Waals surface area contributed by atoms with E-state index >= 15 is 0 Å². The normalized spacial score (nSPS) is 23.4. The fourth-order valence-electron chi connectivity index (χ4n) is 0.634. The first-order valence-corrected chi connectivity index (χ1v) is 5.24. The van der Waals surface area contributed by atoms with Crippen LogP contribution in [-0.2, 0) is 4.79 Å². The molecule has 0 bridgehead atoms. The van der Waals surface area contributed by atoms with Gasteiger partial charge in [-0.05, 0) is 15.9 Å². The number of nitrogens with zero attached hydrogens (tertiary/aromatic N) is 2. The van der Waals surface area contributed by atoms with Gasteiger partial charge in [-0.1, -0.05) is 11.8 Å². The molecule has 1 aliphatic heterocycles. The number of hydrogen-bond donors (Lipinski definition) is 0. The van der Waals surface area contributed by atoms with Crippen LogP contribution >= 0.6 is 43.8 Å². The average molecular weight is 302 g/mol. The van der Waals surface area contributed by atoms with E-state index in [1.807, 2.05) is 5.41 Å². The van der Waals surface area contributed by atoms with E-state index in [0.717, 1.165) is 11.0 Å². The van der Waals surface area contributed by atoms with Gasteiger partial charge in [0.25, 0.3) is 0 Å². The largest absolute Gasteiger partial charge is 0.318 e. The van der Waals surface area contributed by atoms with Crippen LogP contribution in [0.5, 0.6) is 0 Å². The van der Waals surface area contributed by atoms with Crippen LogP contribution in [0, 0.1) is 0 Å². The molecular formula is C5H6Br2N2OS. The van der Waals surface area contributed by atoms with Crippen molar-refractivity contribution in [1.29, 1.82) is 0 Å². The number of rotatable bonds is 2. The lowest BCUT2D eigenvalue weighted by atomic mass is 10.8. The molecule has 0 spiro atoms. The maximum absolute atomic E-state index is 10.4. The summed E-state index contributed by atoms with van der Waals surface area (Å²) in [6.45, 7) is 0. The van der Waals surface area contributed by atoms with Crippen molar-refractivity contribution in [1.82, 2.24) is 8.83 Å². The third-order valence-corrected chi connectivity index (χ3v) is 4.78. The van der Waals surface area contributed by atoms with Crippen molar-refractivity contribution in [3.05, 3.63) is 10.0 Å². The summed E-state index contributed by atoms with van der Waals surface area (Å²) in [6.07, 6.45) is 0.797. The van der Waals surface area contributed by atoms with Crippen LogP contribution < -0.4 is 0 Å². The summed E-state index contributed by atoms with van der Waals surface area (Å²) >= 11 is 8.18. The molecule has 1 rings (SSSR count). The fraction of sp³-hybridized carbons (Fsp3) is 0.400. The molecule has 0 aromatic carbocycles. The van der Waals surface area contributed by atoms with Crippen molar-refractivity contribution < 1.29 is 4.79 Å². The van der Waals surface area contributed by atoms with Crippen LogP contribution in [0.1, 0.15) is 0 Å². The highest BCUT2D eigenvalue weighted by atomic mass is 79.9. The Kier molecular flexibility index (Phi) is 3.27. The molecule has 0 N–H and O–H groups in total. The topological polar surface area (TPSA) is 23.6 Å². The van der Waals surface area contributed by atoms with Gasteiger partial charge in [0.05, 0.1) is 20.8 Å². The molecule has 3 nitrogen and oxygen atoms in total. The Balaban J connectivity index is 2.59. The summed E-state index contributed by atoms with van der Waals surface area (Å²) < 4.78 is 2.73. The molecule has 0 fully saturated rings. The van der Waals surface area contributed by atoms with E-state index in [0.29, 0.717) is 0 Å². The van der Waals surface area contributed by atoms with Gasteiger partial charge in [0.15, 0.2) is 5.50 Å². The fourth-order valence-corrected chi connectivity index (χ4v) is 2.91. The monoisotopic (exact) mass is 300 g/mol. The Bertz CT molecular complexity index is 199. The summed E-state index contributed by atoms with van der Waals surface area (Å²) in [5.74, 6) is 0. The Morgan fingerprint density at radius 1 is 1.91 bits per heavy atom. The van der Waals surface area contributed by atoms with Gasteiger partial charge < -0.3 is 4.90 Å². The average Bonchev–Trinajstić information content (AvgIpc) is 2.32. The number of thioether (sulfide) groups is 1. The third kappa shape index (κ3) is 1.91. The Morgan fingerprint density at radius 2 is 2.55 bits per heavy atom. The van der Waals surface area contributed by atoms with Crippen LogP contribution in [0.4, 0.5) is 0 Å². The first-order valence-electron chi connectivity index (χ1n) is 2.80. The molecular weight excluding hydrogens is 296 g/mol. The lowest BCUT2D eigenvalue weighted by molar-refractivity contribution is -0.118. The molecule has 1 aliphatic rings. The predicted molar refractivity (Wildman–Crippen MR) is 53.0 cm³/mol. The molecule has 62 valence electrons. The second-order valence-corrected chi connectivity index (χ2v) is 4.49. The minimum Gasteiger partial charge on any atom is -0.318 e. The second kappa shape index (κ2) is 3.82. The van der Waals surface area contributed by atoms with Crippen LogP contribution in [0.2, 0.25) is 0 Å². The minimum absolute atomic E-state index is 0.0156. The maximum atomic E-state index is 10.4. The van der Waals surface area contributed by atoms with Crippen molar-refractivity contribution in [3.8, 4) is 0 Å². The van der Waals surface area contributed by atoms with Gasteiger partial charge in [0, 0.05) is 12.5 Å². The van der Waals surface area contributed by atoms with Crippen molar-refractivity contribution in [2.24, 2.45) is 0 Å². The highest BCUT2D eigenvalue weighted by Gasteiger charge is 2.26. The number of hydrogen-bond acceptors (Lipinski definition) is 3. The van der Waals surface area contributed by atoms with Gasteiger partial charge >= 0.3 is 0 Å². The predicted octanol–water partition coefficient (Wildman–Crippen LogP) is 1.91. The van der Waals surface area contributed by atoms with E-state index in [1.165, 1.54) is 0 Å². The molecule has 0 aliphatic carbocycles. The molecule has 0 aromatic heterocycles. The summed E-state index contributed by atoms with van der Waals surface area (Å²) in [6, 6.07) is 0. The minimum atomic E-state index is 0.0156. The highest BCUT2D eigenvalue weighted by molar-refractivity contribution is 9.13. The molecule has 11 heavy (non-hydrogen) atoms. The number of carbonyl (C=O) groups excluding carboxylic acids is 1.